The lowest BCUT2D eigenvalue weighted by Crippen LogP contribution is -3.10. The molecule has 0 saturated heterocycles. The van der Waals surface area contributed by atoms with Crippen LogP contribution in [0.15, 0.2) is 30.3 Å². The number of phenols is 1. The Morgan fingerprint density at radius 2 is 1.83 bits per heavy atom. The third-order valence-electron chi connectivity index (χ3n) is 4.41. The van der Waals surface area contributed by atoms with E-state index in [1.165, 1.54) is 11.0 Å². The molecule has 1 saturated carbocycles. The fraction of sp³-hybridized carbons (Fsp3) is 0.333. The van der Waals surface area contributed by atoms with Crippen molar-refractivity contribution in [2.45, 2.75) is 32.0 Å². The van der Waals surface area contributed by atoms with E-state index in [0.29, 0.717) is 18.2 Å². The Kier molecular flexibility index (Phi) is 5.09. The van der Waals surface area contributed by atoms with Crippen LogP contribution < -0.4 is 14.7 Å². The second-order valence-electron chi connectivity index (χ2n) is 6.13. The quantitative estimate of drug-likeness (QED) is 0.824. The van der Waals surface area contributed by atoms with Gasteiger partial charge in [-0.05, 0) is 30.3 Å². The monoisotopic (exact) mass is 367 g/mol. The van der Waals surface area contributed by atoms with Gasteiger partial charge in [0.05, 0.1) is 18.2 Å². The Morgan fingerprint density at radius 3 is 2.42 bits per heavy atom. The smallest absolute Gasteiger partial charge is 0.142 e. The first-order valence-electron chi connectivity index (χ1n) is 7.84. The van der Waals surface area contributed by atoms with Crippen LogP contribution in [0.1, 0.15) is 24.0 Å². The standard InChI is InChI=1S/C18H19Cl2NO3/c1-24-13-6-2-11(3-7-13)9-21(12-4-5-12)10-14-17(22)15(19)8-16(20)18(14)23/h2-3,6-8,12,22-23H,4-5,9-10H2,1H3. The summed E-state index contributed by atoms with van der Waals surface area (Å²) in [6, 6.07) is 9.67. The number of hydrogen-bond acceptors (Lipinski definition) is 3. The van der Waals surface area contributed by atoms with Crippen LogP contribution in [0.4, 0.5) is 0 Å². The third kappa shape index (κ3) is 3.72. The molecule has 2 N–H and O–H groups in total. The van der Waals surface area contributed by atoms with Crippen molar-refractivity contribution in [1.82, 2.24) is 0 Å². The summed E-state index contributed by atoms with van der Waals surface area (Å²) in [5, 5.41) is 22.6. The zero-order valence-corrected chi connectivity index (χ0v) is 14.8. The van der Waals surface area contributed by atoms with Crippen molar-refractivity contribution < 1.29 is 19.8 Å². The first-order valence-corrected chi connectivity index (χ1v) is 8.59. The number of aromatic hydroxyl groups is 1. The number of hydrogen-bond donors (Lipinski definition) is 2. The van der Waals surface area contributed by atoms with Crippen LogP contribution in [-0.4, -0.2) is 18.3 Å². The van der Waals surface area contributed by atoms with Gasteiger partial charge in [0.1, 0.15) is 24.6 Å². The van der Waals surface area contributed by atoms with Gasteiger partial charge >= 0.3 is 0 Å². The molecule has 24 heavy (non-hydrogen) atoms. The number of halogens is 2. The van der Waals surface area contributed by atoms with E-state index in [-0.39, 0.29) is 21.5 Å². The van der Waals surface area contributed by atoms with Crippen molar-refractivity contribution in [2.75, 3.05) is 7.11 Å². The van der Waals surface area contributed by atoms with Gasteiger partial charge in [0.15, 0.2) is 0 Å². The van der Waals surface area contributed by atoms with E-state index in [1.807, 2.05) is 24.3 Å². The maximum atomic E-state index is 12.3. The Morgan fingerprint density at radius 1 is 1.17 bits per heavy atom. The number of methoxy groups -OCH3 is 1. The summed E-state index contributed by atoms with van der Waals surface area (Å²) in [6.45, 7) is 1.17. The molecule has 0 amide bonds. The van der Waals surface area contributed by atoms with Gasteiger partial charge in [-0.2, -0.15) is 0 Å². The van der Waals surface area contributed by atoms with Gasteiger partial charge in [-0.1, -0.05) is 29.0 Å². The van der Waals surface area contributed by atoms with Gasteiger partial charge in [0, 0.05) is 29.0 Å². The second-order valence-corrected chi connectivity index (χ2v) is 6.95. The third-order valence-corrected chi connectivity index (χ3v) is 4.97. The lowest BCUT2D eigenvalue weighted by Gasteiger charge is -2.24. The molecule has 1 aliphatic rings. The van der Waals surface area contributed by atoms with E-state index in [9.17, 15) is 10.2 Å². The summed E-state index contributed by atoms with van der Waals surface area (Å²) in [4.78, 5) is 1.23. The van der Waals surface area contributed by atoms with Crippen LogP contribution in [0.25, 0.3) is 0 Å². The molecule has 1 unspecified atom stereocenters. The van der Waals surface area contributed by atoms with Crippen LogP contribution >= 0.6 is 23.2 Å². The van der Waals surface area contributed by atoms with Gasteiger partial charge in [-0.15, -0.1) is 0 Å². The minimum atomic E-state index is -0.341. The fourth-order valence-corrected chi connectivity index (χ4v) is 3.38. The topological polar surface area (TPSA) is 57.0 Å². The van der Waals surface area contributed by atoms with E-state index in [4.69, 9.17) is 27.9 Å². The summed E-state index contributed by atoms with van der Waals surface area (Å²) in [6.07, 6.45) is 2.24. The fourth-order valence-electron chi connectivity index (χ4n) is 2.88. The molecule has 1 aliphatic carbocycles. The van der Waals surface area contributed by atoms with Gasteiger partial charge in [-0.3, -0.25) is 0 Å². The summed E-state index contributed by atoms with van der Waals surface area (Å²) < 4.78 is 5.18. The van der Waals surface area contributed by atoms with Crippen molar-refractivity contribution in [2.24, 2.45) is 0 Å². The molecule has 2 aromatic rings. The van der Waals surface area contributed by atoms with Crippen LogP contribution in [0.3, 0.4) is 0 Å². The average Bonchev–Trinajstić information content (AvgIpc) is 3.41. The van der Waals surface area contributed by atoms with Gasteiger partial charge < -0.3 is 19.8 Å². The summed E-state index contributed by atoms with van der Waals surface area (Å²) in [5.41, 5.74) is 1.45. The zero-order valence-electron chi connectivity index (χ0n) is 13.3. The molecule has 0 heterocycles. The van der Waals surface area contributed by atoms with Crippen molar-refractivity contribution in [3.8, 4) is 17.2 Å². The molecule has 0 radical (unpaired) electrons. The van der Waals surface area contributed by atoms with E-state index >= 15 is 0 Å². The number of benzene rings is 2. The van der Waals surface area contributed by atoms with Gasteiger partial charge in [0.25, 0.3) is 0 Å². The van der Waals surface area contributed by atoms with Gasteiger partial charge in [0.2, 0.25) is 0 Å². The van der Waals surface area contributed by atoms with Crippen molar-refractivity contribution in [3.63, 3.8) is 0 Å². The predicted octanol–water partition coefficient (Wildman–Crippen LogP) is 2.53. The van der Waals surface area contributed by atoms with E-state index in [2.05, 4.69) is 0 Å². The highest BCUT2D eigenvalue weighted by molar-refractivity contribution is 6.36. The van der Waals surface area contributed by atoms with Crippen molar-refractivity contribution in [3.05, 3.63) is 51.5 Å². The van der Waals surface area contributed by atoms with Crippen LogP contribution in [0.2, 0.25) is 10.0 Å². The van der Waals surface area contributed by atoms with E-state index in [0.717, 1.165) is 30.7 Å². The predicted molar refractivity (Wildman–Crippen MR) is 92.0 cm³/mol. The van der Waals surface area contributed by atoms with Crippen LogP contribution in [-0.2, 0) is 13.1 Å². The molecule has 4 nitrogen and oxygen atoms in total. The van der Waals surface area contributed by atoms with E-state index in [1.54, 1.807) is 7.11 Å². The minimum absolute atomic E-state index is 0.0485. The first-order chi connectivity index (χ1) is 11.5. The average molecular weight is 368 g/mol. The molecule has 0 aliphatic heterocycles. The highest BCUT2D eigenvalue weighted by Gasteiger charge is 2.34. The number of phenolic OH excluding ortho intramolecular Hbond substituents is 1. The van der Waals surface area contributed by atoms with Gasteiger partial charge in [-0.25, -0.2) is 0 Å². The summed E-state index contributed by atoms with van der Waals surface area (Å²) in [5.74, 6) is 0.318. The minimum Gasteiger partial charge on any atom is -0.871 e. The van der Waals surface area contributed by atoms with Crippen molar-refractivity contribution >= 4 is 23.2 Å². The molecule has 0 bridgehead atoms. The first kappa shape index (κ1) is 17.2. The number of rotatable bonds is 6. The van der Waals surface area contributed by atoms with Crippen LogP contribution in [0, 0.1) is 0 Å². The van der Waals surface area contributed by atoms with E-state index < -0.39 is 0 Å². The normalized spacial score (nSPS) is 15.3. The Hall–Kier alpha value is -1.62. The lowest BCUT2D eigenvalue weighted by molar-refractivity contribution is -0.938. The van der Waals surface area contributed by atoms with Crippen LogP contribution in [0.5, 0.6) is 17.2 Å². The molecule has 0 spiro atoms. The zero-order chi connectivity index (χ0) is 17.3. The highest BCUT2D eigenvalue weighted by atomic mass is 35.5. The molecular formula is C18H19Cl2NO3. The maximum Gasteiger partial charge on any atom is 0.142 e. The van der Waals surface area contributed by atoms with Crippen molar-refractivity contribution in [1.29, 1.82) is 0 Å². The number of nitrogens with one attached hydrogen (secondary N) is 1. The molecule has 0 aromatic heterocycles. The number of ether oxygens (including phenoxy) is 1. The highest BCUT2D eigenvalue weighted by Crippen LogP contribution is 2.37. The molecule has 3 rings (SSSR count). The molecule has 128 valence electrons. The Bertz CT molecular complexity index is 704. The largest absolute Gasteiger partial charge is 0.871 e. The molecule has 6 heteroatoms. The SMILES string of the molecule is COc1ccc(C[NH+](Cc2c([O-])c(Cl)cc(Cl)c2O)C2CC2)cc1. The summed E-state index contributed by atoms with van der Waals surface area (Å²) >= 11 is 11.9. The summed E-state index contributed by atoms with van der Waals surface area (Å²) in [7, 11) is 1.64. The maximum absolute atomic E-state index is 12.3. The molecule has 2 aromatic carbocycles. The Balaban J connectivity index is 1.82. The number of quaternary nitrogens is 1. The Labute approximate surface area is 151 Å². The molecular weight excluding hydrogens is 349 g/mol. The molecule has 1 atom stereocenters. The molecule has 1 fully saturated rings. The second kappa shape index (κ2) is 7.09. The lowest BCUT2D eigenvalue weighted by atomic mass is 10.1.